The predicted molar refractivity (Wildman–Crippen MR) is 93.1 cm³/mol. The summed E-state index contributed by atoms with van der Waals surface area (Å²) in [6.07, 6.45) is 4.68. The molecule has 2 aliphatic heterocycles. The van der Waals surface area contributed by atoms with E-state index in [-0.39, 0.29) is 12.1 Å². The van der Waals surface area contributed by atoms with E-state index >= 15 is 0 Å². The molecule has 3 heterocycles. The smallest absolute Gasteiger partial charge is 0.243 e. The maximum atomic E-state index is 12.6. The van der Waals surface area contributed by atoms with E-state index in [1.807, 2.05) is 4.90 Å². The fourth-order valence-electron chi connectivity index (χ4n) is 3.95. The standard InChI is InChI=1S/C18H29N5O2/c1-13(17-19-16(20-25-17)15-5-6-15)21-9-11-22(12-10-21)14(2)18(24)23-7-3-4-8-23/h13-15H,3-12H2,1-2H3/t13-,14-/m0/s1. The molecule has 138 valence electrons. The van der Waals surface area contributed by atoms with Crippen LogP contribution in [0.4, 0.5) is 0 Å². The Labute approximate surface area is 149 Å². The lowest BCUT2D eigenvalue weighted by molar-refractivity contribution is -0.136. The van der Waals surface area contributed by atoms with Crippen LogP contribution in [0.25, 0.3) is 0 Å². The molecule has 0 radical (unpaired) electrons. The first-order valence-electron chi connectivity index (χ1n) is 9.74. The predicted octanol–water partition coefficient (Wildman–Crippen LogP) is 1.64. The van der Waals surface area contributed by atoms with Crippen LogP contribution in [0, 0.1) is 0 Å². The summed E-state index contributed by atoms with van der Waals surface area (Å²) in [6.45, 7) is 9.74. The lowest BCUT2D eigenvalue weighted by atomic mass is 10.1. The van der Waals surface area contributed by atoms with Crippen molar-refractivity contribution in [2.24, 2.45) is 0 Å². The molecule has 0 N–H and O–H groups in total. The number of piperazine rings is 1. The third-order valence-electron chi connectivity index (χ3n) is 5.98. The lowest BCUT2D eigenvalue weighted by Gasteiger charge is -2.39. The lowest BCUT2D eigenvalue weighted by Crippen LogP contribution is -2.54. The molecule has 2 saturated heterocycles. The van der Waals surface area contributed by atoms with Gasteiger partial charge < -0.3 is 9.42 Å². The fourth-order valence-corrected chi connectivity index (χ4v) is 3.95. The highest BCUT2D eigenvalue weighted by atomic mass is 16.5. The molecule has 1 aromatic rings. The average molecular weight is 347 g/mol. The second-order valence-corrected chi connectivity index (χ2v) is 7.72. The van der Waals surface area contributed by atoms with Gasteiger partial charge in [-0.1, -0.05) is 5.16 Å². The molecule has 25 heavy (non-hydrogen) atoms. The quantitative estimate of drug-likeness (QED) is 0.807. The summed E-state index contributed by atoms with van der Waals surface area (Å²) in [5.41, 5.74) is 0. The first kappa shape index (κ1) is 17.0. The monoisotopic (exact) mass is 347 g/mol. The Balaban J connectivity index is 1.30. The molecule has 0 unspecified atom stereocenters. The highest BCUT2D eigenvalue weighted by Gasteiger charge is 2.33. The summed E-state index contributed by atoms with van der Waals surface area (Å²) in [5, 5.41) is 4.13. The molecule has 7 nitrogen and oxygen atoms in total. The summed E-state index contributed by atoms with van der Waals surface area (Å²) in [4.78, 5) is 23.9. The van der Waals surface area contributed by atoms with E-state index in [0.717, 1.165) is 63.8 Å². The summed E-state index contributed by atoms with van der Waals surface area (Å²) in [7, 11) is 0. The minimum absolute atomic E-state index is 0.0135. The summed E-state index contributed by atoms with van der Waals surface area (Å²) < 4.78 is 5.48. The van der Waals surface area contributed by atoms with Crippen LogP contribution >= 0.6 is 0 Å². The van der Waals surface area contributed by atoms with Crippen molar-refractivity contribution in [3.8, 4) is 0 Å². The Morgan fingerprint density at radius 1 is 1.04 bits per heavy atom. The highest BCUT2D eigenvalue weighted by Crippen LogP contribution is 2.38. The number of nitrogens with zero attached hydrogens (tertiary/aromatic N) is 5. The number of amides is 1. The zero-order chi connectivity index (χ0) is 17.4. The highest BCUT2D eigenvalue weighted by molar-refractivity contribution is 5.81. The van der Waals surface area contributed by atoms with Crippen molar-refractivity contribution >= 4 is 5.91 Å². The van der Waals surface area contributed by atoms with Crippen molar-refractivity contribution in [2.75, 3.05) is 39.3 Å². The van der Waals surface area contributed by atoms with Crippen LogP contribution in [0.2, 0.25) is 0 Å². The van der Waals surface area contributed by atoms with Crippen LogP contribution in [-0.4, -0.2) is 76.1 Å². The molecule has 0 aromatic carbocycles. The van der Waals surface area contributed by atoms with Crippen molar-refractivity contribution in [2.45, 2.75) is 57.5 Å². The maximum Gasteiger partial charge on any atom is 0.243 e. The van der Waals surface area contributed by atoms with Crippen LogP contribution < -0.4 is 0 Å². The van der Waals surface area contributed by atoms with Crippen molar-refractivity contribution < 1.29 is 9.32 Å². The van der Waals surface area contributed by atoms with Gasteiger partial charge in [-0.3, -0.25) is 14.6 Å². The molecule has 1 aromatic heterocycles. The average Bonchev–Trinajstić information content (AvgIpc) is 3.15. The van der Waals surface area contributed by atoms with Crippen molar-refractivity contribution in [3.63, 3.8) is 0 Å². The topological polar surface area (TPSA) is 65.7 Å². The Kier molecular flexibility index (Phi) is 4.78. The van der Waals surface area contributed by atoms with Gasteiger partial charge in [-0.2, -0.15) is 4.98 Å². The number of hydrogen-bond acceptors (Lipinski definition) is 6. The van der Waals surface area contributed by atoms with Gasteiger partial charge in [0.25, 0.3) is 0 Å². The molecule has 2 atom stereocenters. The van der Waals surface area contributed by atoms with Crippen LogP contribution in [0.1, 0.15) is 63.2 Å². The number of hydrogen-bond donors (Lipinski definition) is 0. The van der Waals surface area contributed by atoms with Crippen LogP contribution in [0.3, 0.4) is 0 Å². The number of rotatable bonds is 5. The molecule has 3 aliphatic rings. The van der Waals surface area contributed by atoms with Crippen molar-refractivity contribution in [1.29, 1.82) is 0 Å². The first-order valence-corrected chi connectivity index (χ1v) is 9.74. The van der Waals surface area contributed by atoms with Gasteiger partial charge in [0.1, 0.15) is 0 Å². The van der Waals surface area contributed by atoms with Crippen LogP contribution in [0.15, 0.2) is 4.52 Å². The molecule has 0 spiro atoms. The van der Waals surface area contributed by atoms with E-state index in [2.05, 4.69) is 33.8 Å². The SMILES string of the molecule is C[C@@H](C(=O)N1CCCC1)N1CCN([C@@H](C)c2nc(C3CC3)no2)CC1. The van der Waals surface area contributed by atoms with Gasteiger partial charge in [0, 0.05) is 45.2 Å². The Bertz CT molecular complexity index is 600. The minimum Gasteiger partial charge on any atom is -0.341 e. The fraction of sp³-hybridized carbons (Fsp3) is 0.833. The zero-order valence-electron chi connectivity index (χ0n) is 15.4. The van der Waals surface area contributed by atoms with E-state index in [1.165, 1.54) is 12.8 Å². The summed E-state index contributed by atoms with van der Waals surface area (Å²) in [5.74, 6) is 2.44. The largest absolute Gasteiger partial charge is 0.341 e. The second kappa shape index (κ2) is 7.03. The van der Waals surface area contributed by atoms with E-state index in [4.69, 9.17) is 4.52 Å². The van der Waals surface area contributed by atoms with Crippen LogP contribution in [0.5, 0.6) is 0 Å². The molecular formula is C18H29N5O2. The van der Waals surface area contributed by atoms with E-state index < -0.39 is 0 Å². The van der Waals surface area contributed by atoms with Gasteiger partial charge in [0.2, 0.25) is 11.8 Å². The number of carbonyl (C=O) groups is 1. The Morgan fingerprint density at radius 3 is 2.32 bits per heavy atom. The van der Waals surface area contributed by atoms with E-state index in [0.29, 0.717) is 11.8 Å². The molecule has 4 rings (SSSR count). The van der Waals surface area contributed by atoms with Crippen molar-refractivity contribution in [3.05, 3.63) is 11.7 Å². The number of likely N-dealkylation sites (tertiary alicyclic amines) is 1. The second-order valence-electron chi connectivity index (χ2n) is 7.72. The third-order valence-corrected chi connectivity index (χ3v) is 5.98. The zero-order valence-corrected chi connectivity index (χ0v) is 15.4. The molecule has 0 bridgehead atoms. The molecule has 1 saturated carbocycles. The van der Waals surface area contributed by atoms with Gasteiger partial charge in [0.05, 0.1) is 12.1 Å². The van der Waals surface area contributed by atoms with Gasteiger partial charge >= 0.3 is 0 Å². The normalized spacial score (nSPS) is 25.3. The molecule has 1 aliphatic carbocycles. The number of carbonyl (C=O) groups excluding carboxylic acids is 1. The number of aromatic nitrogens is 2. The Hall–Kier alpha value is -1.47. The van der Waals surface area contributed by atoms with E-state index in [9.17, 15) is 4.79 Å². The molecular weight excluding hydrogens is 318 g/mol. The first-order chi connectivity index (χ1) is 12.1. The molecule has 7 heteroatoms. The molecule has 3 fully saturated rings. The summed E-state index contributed by atoms with van der Waals surface area (Å²) in [6, 6.07) is 0.132. The molecule has 1 amide bonds. The third kappa shape index (κ3) is 3.58. The van der Waals surface area contributed by atoms with Gasteiger partial charge in [-0.25, -0.2) is 0 Å². The van der Waals surface area contributed by atoms with Crippen LogP contribution in [-0.2, 0) is 4.79 Å². The minimum atomic E-state index is -0.0135. The maximum absolute atomic E-state index is 12.6. The van der Waals surface area contributed by atoms with Gasteiger partial charge in [0.15, 0.2) is 5.82 Å². The van der Waals surface area contributed by atoms with Crippen molar-refractivity contribution in [1.82, 2.24) is 24.8 Å². The van der Waals surface area contributed by atoms with Gasteiger partial charge in [-0.15, -0.1) is 0 Å². The van der Waals surface area contributed by atoms with Gasteiger partial charge in [-0.05, 0) is 39.5 Å². The summed E-state index contributed by atoms with van der Waals surface area (Å²) >= 11 is 0. The Morgan fingerprint density at radius 2 is 1.68 bits per heavy atom. The van der Waals surface area contributed by atoms with E-state index in [1.54, 1.807) is 0 Å².